The van der Waals surface area contributed by atoms with E-state index in [1.54, 1.807) is 16.8 Å². The summed E-state index contributed by atoms with van der Waals surface area (Å²) in [4.78, 5) is 14.9. The van der Waals surface area contributed by atoms with Gasteiger partial charge in [-0.1, -0.05) is 12.1 Å². The van der Waals surface area contributed by atoms with Gasteiger partial charge < -0.3 is 10.4 Å². The van der Waals surface area contributed by atoms with Crippen LogP contribution in [0.1, 0.15) is 42.6 Å². The highest BCUT2D eigenvalue weighted by atomic mass is 16.3. The fourth-order valence-electron chi connectivity index (χ4n) is 3.71. The maximum absolute atomic E-state index is 12.7. The lowest BCUT2D eigenvalue weighted by molar-refractivity contribution is -0.121. The van der Waals surface area contributed by atoms with Gasteiger partial charge in [-0.2, -0.15) is 5.10 Å². The molecule has 6 nitrogen and oxygen atoms in total. The van der Waals surface area contributed by atoms with E-state index in [0.717, 1.165) is 43.0 Å². The van der Waals surface area contributed by atoms with Gasteiger partial charge in [0.05, 0.1) is 23.1 Å². The Labute approximate surface area is 154 Å². The molecular weight excluding hydrogens is 328 g/mol. The van der Waals surface area contributed by atoms with Crippen molar-refractivity contribution >= 4 is 11.6 Å². The van der Waals surface area contributed by atoms with E-state index in [-0.39, 0.29) is 11.9 Å². The average molecular weight is 356 g/mol. The Morgan fingerprint density at radius 3 is 2.38 bits per heavy atom. The first-order valence-corrected chi connectivity index (χ1v) is 9.21. The van der Waals surface area contributed by atoms with Crippen molar-refractivity contribution in [2.24, 2.45) is 7.05 Å². The van der Waals surface area contributed by atoms with Crippen molar-refractivity contribution in [2.75, 3.05) is 18.4 Å². The maximum atomic E-state index is 12.7. The highest BCUT2D eigenvalue weighted by Crippen LogP contribution is 2.30. The number of nitrogens with zero attached hydrogens (tertiary/aromatic N) is 3. The summed E-state index contributed by atoms with van der Waals surface area (Å²) in [5.41, 5.74) is 3.90. The third-order valence-corrected chi connectivity index (χ3v) is 5.58. The topological polar surface area (TPSA) is 70.4 Å². The summed E-state index contributed by atoms with van der Waals surface area (Å²) >= 11 is 0. The number of benzene rings is 1. The third kappa shape index (κ3) is 3.75. The predicted molar refractivity (Wildman–Crippen MR) is 102 cm³/mol. The number of hydrogen-bond donors (Lipinski definition) is 2. The van der Waals surface area contributed by atoms with Gasteiger partial charge in [0.1, 0.15) is 5.75 Å². The van der Waals surface area contributed by atoms with E-state index in [9.17, 15) is 9.90 Å². The molecular formula is C20H28N4O2. The van der Waals surface area contributed by atoms with E-state index < -0.39 is 0 Å². The van der Waals surface area contributed by atoms with Crippen molar-refractivity contribution in [3.05, 3.63) is 41.2 Å². The summed E-state index contributed by atoms with van der Waals surface area (Å²) in [5.74, 6) is 0.815. The molecule has 0 radical (unpaired) electrons. The standard InChI is InChI=1S/C20H28N4O2/c1-13-19(14(2)23(4)22-13)21-20(26)15(3)24-11-9-17(10-12-24)16-5-7-18(25)8-6-16/h5-8,15,17,25H,9-12H2,1-4H3,(H,21,26). The van der Waals surface area contributed by atoms with Crippen molar-refractivity contribution in [1.29, 1.82) is 0 Å². The molecule has 1 aromatic heterocycles. The third-order valence-electron chi connectivity index (χ3n) is 5.58. The van der Waals surface area contributed by atoms with Crippen LogP contribution >= 0.6 is 0 Å². The van der Waals surface area contributed by atoms with Gasteiger partial charge in [0, 0.05) is 7.05 Å². The summed E-state index contributed by atoms with van der Waals surface area (Å²) in [6.45, 7) is 7.63. The van der Waals surface area contributed by atoms with Gasteiger partial charge in [0.15, 0.2) is 0 Å². The molecule has 0 aliphatic carbocycles. The Morgan fingerprint density at radius 2 is 1.85 bits per heavy atom. The lowest BCUT2D eigenvalue weighted by Gasteiger charge is -2.35. The highest BCUT2D eigenvalue weighted by Gasteiger charge is 2.28. The van der Waals surface area contributed by atoms with E-state index in [2.05, 4.69) is 15.3 Å². The summed E-state index contributed by atoms with van der Waals surface area (Å²) in [6.07, 6.45) is 2.04. The van der Waals surface area contributed by atoms with E-state index >= 15 is 0 Å². The van der Waals surface area contributed by atoms with E-state index in [1.807, 2.05) is 40.0 Å². The minimum atomic E-state index is -0.172. The predicted octanol–water partition coefficient (Wildman–Crippen LogP) is 2.95. The normalized spacial score (nSPS) is 17.2. The van der Waals surface area contributed by atoms with Gasteiger partial charge in [-0.15, -0.1) is 0 Å². The number of piperidine rings is 1. The molecule has 3 rings (SSSR count). The number of anilines is 1. The zero-order valence-electron chi connectivity index (χ0n) is 16.0. The van der Waals surface area contributed by atoms with Crippen LogP contribution in [0.4, 0.5) is 5.69 Å². The Kier molecular flexibility index (Phi) is 5.32. The molecule has 26 heavy (non-hydrogen) atoms. The molecule has 1 aliphatic rings. The number of aromatic hydroxyl groups is 1. The highest BCUT2D eigenvalue weighted by molar-refractivity contribution is 5.95. The number of amides is 1. The number of phenolic OH excluding ortho intramolecular Hbond substituents is 1. The lowest BCUT2D eigenvalue weighted by Crippen LogP contribution is -2.45. The largest absolute Gasteiger partial charge is 0.508 e. The van der Waals surface area contributed by atoms with Crippen LogP contribution in [0.15, 0.2) is 24.3 Å². The molecule has 1 aliphatic heterocycles. The molecule has 1 saturated heterocycles. The van der Waals surface area contributed by atoms with E-state index in [1.165, 1.54) is 5.56 Å². The lowest BCUT2D eigenvalue weighted by atomic mass is 9.89. The molecule has 1 fully saturated rings. The minimum absolute atomic E-state index is 0.0206. The molecule has 0 saturated carbocycles. The van der Waals surface area contributed by atoms with Gasteiger partial charge in [-0.25, -0.2) is 0 Å². The number of rotatable bonds is 4. The number of carbonyl (C=O) groups excluding carboxylic acids is 1. The first-order chi connectivity index (χ1) is 12.4. The molecule has 0 bridgehead atoms. The molecule has 1 amide bonds. The Balaban J connectivity index is 1.58. The van der Waals surface area contributed by atoms with Crippen LogP contribution < -0.4 is 5.32 Å². The van der Waals surface area contributed by atoms with Crippen molar-refractivity contribution in [3.8, 4) is 5.75 Å². The van der Waals surface area contributed by atoms with Crippen molar-refractivity contribution in [2.45, 2.75) is 45.6 Å². The molecule has 1 aromatic carbocycles. The summed E-state index contributed by atoms with van der Waals surface area (Å²) in [6, 6.07) is 7.32. The molecule has 2 aromatic rings. The second-order valence-corrected chi connectivity index (χ2v) is 7.24. The first kappa shape index (κ1) is 18.5. The molecule has 1 unspecified atom stereocenters. The SMILES string of the molecule is Cc1nn(C)c(C)c1NC(=O)C(C)N1CCC(c2ccc(O)cc2)CC1. The molecule has 140 valence electrons. The number of phenols is 1. The number of aromatic nitrogens is 2. The average Bonchev–Trinajstić information content (AvgIpc) is 2.88. The second-order valence-electron chi connectivity index (χ2n) is 7.24. The van der Waals surface area contributed by atoms with Gasteiger partial charge in [0.25, 0.3) is 0 Å². The van der Waals surface area contributed by atoms with Crippen molar-refractivity contribution < 1.29 is 9.90 Å². The second kappa shape index (κ2) is 7.50. The Bertz CT molecular complexity index is 774. The fourth-order valence-corrected chi connectivity index (χ4v) is 3.71. The van der Waals surface area contributed by atoms with E-state index in [0.29, 0.717) is 11.7 Å². The smallest absolute Gasteiger partial charge is 0.241 e. The van der Waals surface area contributed by atoms with E-state index in [4.69, 9.17) is 0 Å². The number of carbonyl (C=O) groups is 1. The van der Waals surface area contributed by atoms with Crippen LogP contribution in [0.3, 0.4) is 0 Å². The fraction of sp³-hybridized carbons (Fsp3) is 0.500. The van der Waals surface area contributed by atoms with Crippen LogP contribution in [0.2, 0.25) is 0 Å². The van der Waals surface area contributed by atoms with Crippen LogP contribution in [0.5, 0.6) is 5.75 Å². The van der Waals surface area contributed by atoms with Crippen LogP contribution in [-0.4, -0.2) is 44.8 Å². The summed E-state index contributed by atoms with van der Waals surface area (Å²) < 4.78 is 1.79. The summed E-state index contributed by atoms with van der Waals surface area (Å²) in [5, 5.41) is 16.8. The number of likely N-dealkylation sites (tertiary alicyclic amines) is 1. The number of nitrogens with one attached hydrogen (secondary N) is 1. The zero-order valence-corrected chi connectivity index (χ0v) is 16.0. The van der Waals surface area contributed by atoms with Crippen molar-refractivity contribution in [1.82, 2.24) is 14.7 Å². The maximum Gasteiger partial charge on any atom is 0.241 e. The minimum Gasteiger partial charge on any atom is -0.508 e. The molecule has 2 heterocycles. The Hall–Kier alpha value is -2.34. The zero-order chi connectivity index (χ0) is 18.8. The van der Waals surface area contributed by atoms with Crippen LogP contribution in [-0.2, 0) is 11.8 Å². The first-order valence-electron chi connectivity index (χ1n) is 9.21. The van der Waals surface area contributed by atoms with Crippen LogP contribution in [0.25, 0.3) is 0 Å². The molecule has 1 atom stereocenters. The van der Waals surface area contributed by atoms with Gasteiger partial charge in [-0.3, -0.25) is 14.4 Å². The van der Waals surface area contributed by atoms with Gasteiger partial charge >= 0.3 is 0 Å². The molecule has 6 heteroatoms. The number of hydrogen-bond acceptors (Lipinski definition) is 4. The van der Waals surface area contributed by atoms with Gasteiger partial charge in [0.2, 0.25) is 5.91 Å². The number of aryl methyl sites for hydroxylation is 2. The van der Waals surface area contributed by atoms with Crippen molar-refractivity contribution in [3.63, 3.8) is 0 Å². The molecule has 2 N–H and O–H groups in total. The molecule has 0 spiro atoms. The Morgan fingerprint density at radius 1 is 1.23 bits per heavy atom. The quantitative estimate of drug-likeness (QED) is 0.884. The van der Waals surface area contributed by atoms with Gasteiger partial charge in [-0.05, 0) is 70.3 Å². The monoisotopic (exact) mass is 356 g/mol. The van der Waals surface area contributed by atoms with Crippen LogP contribution in [0, 0.1) is 13.8 Å². The summed E-state index contributed by atoms with van der Waals surface area (Å²) in [7, 11) is 1.88.